The van der Waals surface area contributed by atoms with Crippen LogP contribution in [-0.2, 0) is 17.9 Å². The van der Waals surface area contributed by atoms with Crippen molar-refractivity contribution < 1.29 is 19.1 Å². The fourth-order valence-corrected chi connectivity index (χ4v) is 3.24. The summed E-state index contributed by atoms with van der Waals surface area (Å²) < 4.78 is 12.2. The number of carbonyl (C=O) groups is 2. The molecule has 0 unspecified atom stereocenters. The number of esters is 1. The van der Waals surface area contributed by atoms with Crippen molar-refractivity contribution in [2.24, 2.45) is 0 Å². The van der Waals surface area contributed by atoms with E-state index in [1.165, 1.54) is 13.4 Å². The Labute approximate surface area is 190 Å². The van der Waals surface area contributed by atoms with Gasteiger partial charge < -0.3 is 14.8 Å². The number of methoxy groups -OCH3 is 1. The average Bonchev–Trinajstić information content (AvgIpc) is 3.36. The van der Waals surface area contributed by atoms with Crippen molar-refractivity contribution in [3.8, 4) is 5.75 Å². The SMILES string of the molecule is COC(=O)c1cc(Cn2cncn2)cc(NC(=O)c2ccc(OCc3ccccc3)cc2)c1. The van der Waals surface area contributed by atoms with Gasteiger partial charge in [-0.3, -0.25) is 4.79 Å². The highest BCUT2D eigenvalue weighted by Gasteiger charge is 2.13. The van der Waals surface area contributed by atoms with E-state index in [0.717, 1.165) is 11.1 Å². The molecule has 0 saturated heterocycles. The molecule has 0 bridgehead atoms. The molecule has 1 heterocycles. The summed E-state index contributed by atoms with van der Waals surface area (Å²) >= 11 is 0. The molecule has 0 spiro atoms. The highest BCUT2D eigenvalue weighted by molar-refractivity contribution is 6.05. The fourth-order valence-electron chi connectivity index (χ4n) is 3.24. The minimum atomic E-state index is -0.495. The molecule has 1 amide bonds. The zero-order valence-corrected chi connectivity index (χ0v) is 18.0. The van der Waals surface area contributed by atoms with Gasteiger partial charge in [-0.05, 0) is 53.6 Å². The number of nitrogens with zero attached hydrogens (tertiary/aromatic N) is 3. The van der Waals surface area contributed by atoms with Crippen LogP contribution in [0.2, 0.25) is 0 Å². The number of benzene rings is 3. The first-order chi connectivity index (χ1) is 16.1. The van der Waals surface area contributed by atoms with Crippen molar-refractivity contribution in [3.63, 3.8) is 0 Å². The quantitative estimate of drug-likeness (QED) is 0.415. The highest BCUT2D eigenvalue weighted by Crippen LogP contribution is 2.19. The number of amides is 1. The van der Waals surface area contributed by atoms with Crippen LogP contribution in [0.15, 0.2) is 85.5 Å². The van der Waals surface area contributed by atoms with Gasteiger partial charge in [0.25, 0.3) is 5.91 Å². The van der Waals surface area contributed by atoms with Gasteiger partial charge in [-0.2, -0.15) is 5.10 Å². The third-order valence-corrected chi connectivity index (χ3v) is 4.85. The van der Waals surface area contributed by atoms with Crippen molar-refractivity contribution in [2.75, 3.05) is 12.4 Å². The summed E-state index contributed by atoms with van der Waals surface area (Å²) in [6.07, 6.45) is 3.00. The lowest BCUT2D eigenvalue weighted by Gasteiger charge is -2.11. The Hall–Kier alpha value is -4.46. The van der Waals surface area contributed by atoms with Crippen molar-refractivity contribution in [3.05, 3.63) is 108 Å². The summed E-state index contributed by atoms with van der Waals surface area (Å²) in [5, 5.41) is 6.92. The number of anilines is 1. The van der Waals surface area contributed by atoms with Crippen LogP contribution in [0.1, 0.15) is 31.8 Å². The first kappa shape index (κ1) is 21.8. The van der Waals surface area contributed by atoms with E-state index in [4.69, 9.17) is 9.47 Å². The van der Waals surface area contributed by atoms with Gasteiger partial charge in [0.2, 0.25) is 0 Å². The van der Waals surface area contributed by atoms with Crippen LogP contribution in [-0.4, -0.2) is 33.8 Å². The molecule has 33 heavy (non-hydrogen) atoms. The summed E-state index contributed by atoms with van der Waals surface area (Å²) in [6.45, 7) is 0.836. The number of carbonyl (C=O) groups excluding carboxylic acids is 2. The summed E-state index contributed by atoms with van der Waals surface area (Å²) in [5.41, 5.74) is 3.09. The Morgan fingerprint density at radius 1 is 0.939 bits per heavy atom. The molecule has 1 N–H and O–H groups in total. The fraction of sp³-hybridized carbons (Fsp3) is 0.120. The maximum atomic E-state index is 12.8. The average molecular weight is 442 g/mol. The van der Waals surface area contributed by atoms with E-state index in [0.29, 0.717) is 35.7 Å². The molecule has 3 aromatic carbocycles. The molecule has 0 aliphatic carbocycles. The summed E-state index contributed by atoms with van der Waals surface area (Å²) in [6, 6.07) is 21.8. The third-order valence-electron chi connectivity index (χ3n) is 4.85. The van der Waals surface area contributed by atoms with E-state index in [-0.39, 0.29) is 5.91 Å². The molecule has 0 radical (unpaired) electrons. The summed E-state index contributed by atoms with van der Waals surface area (Å²) in [4.78, 5) is 28.8. The summed E-state index contributed by atoms with van der Waals surface area (Å²) in [7, 11) is 1.31. The highest BCUT2D eigenvalue weighted by atomic mass is 16.5. The predicted octanol–water partition coefficient (Wildman–Crippen LogP) is 3.94. The van der Waals surface area contributed by atoms with E-state index in [2.05, 4.69) is 15.4 Å². The molecule has 0 fully saturated rings. The molecule has 166 valence electrons. The van der Waals surface area contributed by atoms with Crippen LogP contribution < -0.4 is 10.1 Å². The van der Waals surface area contributed by atoms with Crippen LogP contribution in [0.5, 0.6) is 5.75 Å². The van der Waals surface area contributed by atoms with Crippen LogP contribution in [0, 0.1) is 0 Å². The van der Waals surface area contributed by atoms with E-state index in [9.17, 15) is 9.59 Å². The Bertz CT molecular complexity index is 1220. The van der Waals surface area contributed by atoms with Crippen molar-refractivity contribution in [1.29, 1.82) is 0 Å². The maximum Gasteiger partial charge on any atom is 0.337 e. The van der Waals surface area contributed by atoms with Crippen LogP contribution in [0.4, 0.5) is 5.69 Å². The first-order valence-corrected chi connectivity index (χ1v) is 10.2. The summed E-state index contributed by atoms with van der Waals surface area (Å²) in [5.74, 6) is -0.137. The second-order valence-corrected chi connectivity index (χ2v) is 7.26. The maximum absolute atomic E-state index is 12.8. The molecule has 4 rings (SSSR count). The van der Waals surface area contributed by atoms with Crippen molar-refractivity contribution in [2.45, 2.75) is 13.2 Å². The number of aromatic nitrogens is 3. The van der Waals surface area contributed by atoms with Crippen molar-refractivity contribution in [1.82, 2.24) is 14.8 Å². The van der Waals surface area contributed by atoms with Gasteiger partial charge in [0.05, 0.1) is 19.2 Å². The van der Waals surface area contributed by atoms with Gasteiger partial charge in [0.15, 0.2) is 0 Å². The van der Waals surface area contributed by atoms with E-state index >= 15 is 0 Å². The lowest BCUT2D eigenvalue weighted by Crippen LogP contribution is -2.13. The molecule has 0 aliphatic rings. The third kappa shape index (κ3) is 5.82. The molecule has 0 aliphatic heterocycles. The van der Waals surface area contributed by atoms with Gasteiger partial charge >= 0.3 is 5.97 Å². The largest absolute Gasteiger partial charge is 0.489 e. The molecule has 1 aromatic heterocycles. The van der Waals surface area contributed by atoms with Gasteiger partial charge in [-0.25, -0.2) is 14.5 Å². The van der Waals surface area contributed by atoms with E-state index < -0.39 is 5.97 Å². The van der Waals surface area contributed by atoms with E-state index in [1.54, 1.807) is 53.5 Å². The zero-order chi connectivity index (χ0) is 23.0. The zero-order valence-electron chi connectivity index (χ0n) is 18.0. The number of nitrogens with one attached hydrogen (secondary N) is 1. The van der Waals surface area contributed by atoms with Gasteiger partial charge in [0, 0.05) is 11.3 Å². The van der Waals surface area contributed by atoms with E-state index in [1.807, 2.05) is 30.3 Å². The number of hydrogen-bond acceptors (Lipinski definition) is 6. The standard InChI is InChI=1S/C25H22N4O4/c1-32-25(31)21-11-19(14-29-17-26-16-27-29)12-22(13-21)28-24(30)20-7-9-23(10-8-20)33-15-18-5-3-2-4-6-18/h2-13,16-17H,14-15H2,1H3,(H,28,30). The minimum absolute atomic E-state index is 0.307. The molecule has 0 saturated carbocycles. The Morgan fingerprint density at radius 2 is 1.73 bits per heavy atom. The Balaban J connectivity index is 1.46. The van der Waals surface area contributed by atoms with Crippen molar-refractivity contribution >= 4 is 17.6 Å². The van der Waals surface area contributed by atoms with Crippen LogP contribution >= 0.6 is 0 Å². The van der Waals surface area contributed by atoms with Crippen LogP contribution in [0.3, 0.4) is 0 Å². The molecular weight excluding hydrogens is 420 g/mol. The molecular formula is C25H22N4O4. The van der Waals surface area contributed by atoms with Gasteiger partial charge in [-0.1, -0.05) is 30.3 Å². The number of rotatable bonds is 8. The minimum Gasteiger partial charge on any atom is -0.489 e. The Kier molecular flexibility index (Phi) is 6.75. The molecule has 8 nitrogen and oxygen atoms in total. The van der Waals surface area contributed by atoms with Crippen LogP contribution in [0.25, 0.3) is 0 Å². The second-order valence-electron chi connectivity index (χ2n) is 7.26. The topological polar surface area (TPSA) is 95.3 Å². The number of ether oxygens (including phenoxy) is 2. The lowest BCUT2D eigenvalue weighted by atomic mass is 10.1. The van der Waals surface area contributed by atoms with Gasteiger partial charge in [-0.15, -0.1) is 0 Å². The Morgan fingerprint density at radius 3 is 2.42 bits per heavy atom. The molecule has 4 aromatic rings. The monoisotopic (exact) mass is 442 g/mol. The normalized spacial score (nSPS) is 10.5. The van der Waals surface area contributed by atoms with Gasteiger partial charge in [0.1, 0.15) is 25.0 Å². The smallest absolute Gasteiger partial charge is 0.337 e. The number of hydrogen-bond donors (Lipinski definition) is 1. The molecule has 0 atom stereocenters. The molecule has 8 heteroatoms. The second kappa shape index (κ2) is 10.2. The lowest BCUT2D eigenvalue weighted by molar-refractivity contribution is 0.0600. The first-order valence-electron chi connectivity index (χ1n) is 10.2. The predicted molar refractivity (Wildman–Crippen MR) is 122 cm³/mol.